The van der Waals surface area contributed by atoms with Gasteiger partial charge in [-0.1, -0.05) is 0 Å². The number of amides is 1. The molecule has 3 aromatic heterocycles. The Morgan fingerprint density at radius 1 is 1.31 bits per heavy atom. The lowest BCUT2D eigenvalue weighted by Crippen LogP contribution is -2.49. The van der Waals surface area contributed by atoms with E-state index in [4.69, 9.17) is 10.8 Å². The summed E-state index contributed by atoms with van der Waals surface area (Å²) in [5.41, 5.74) is 10.1. The molecule has 0 bridgehead atoms. The summed E-state index contributed by atoms with van der Waals surface area (Å²) in [4.78, 5) is 16.0. The van der Waals surface area contributed by atoms with Gasteiger partial charge in [0.15, 0.2) is 5.82 Å². The molecule has 9 nitrogen and oxygen atoms in total. The molecule has 2 aliphatic heterocycles. The molecule has 0 saturated heterocycles. The predicted molar refractivity (Wildman–Crippen MR) is 115 cm³/mol. The van der Waals surface area contributed by atoms with Crippen LogP contribution in [0.4, 0.5) is 10.1 Å². The zero-order valence-electron chi connectivity index (χ0n) is 18.3. The lowest BCUT2D eigenvalue weighted by atomic mass is 9.95. The first-order chi connectivity index (χ1) is 15.3. The van der Waals surface area contributed by atoms with Gasteiger partial charge in [-0.2, -0.15) is 15.5 Å². The Morgan fingerprint density at radius 2 is 2.09 bits per heavy atom. The highest BCUT2D eigenvalue weighted by Crippen LogP contribution is 2.35. The number of halogens is 1. The highest BCUT2D eigenvalue weighted by Gasteiger charge is 2.36. The molecule has 0 aliphatic carbocycles. The lowest BCUT2D eigenvalue weighted by Gasteiger charge is -2.37. The van der Waals surface area contributed by atoms with Gasteiger partial charge in [-0.15, -0.1) is 0 Å². The zero-order chi connectivity index (χ0) is 22.7. The van der Waals surface area contributed by atoms with E-state index in [9.17, 15) is 14.4 Å². The summed E-state index contributed by atoms with van der Waals surface area (Å²) in [5, 5.41) is 18.3. The van der Waals surface area contributed by atoms with Crippen molar-refractivity contribution in [1.82, 2.24) is 24.3 Å². The SMILES string of the molecule is CC(C(N)=O)N1Cc2nn3c(c2C[C@@H]1C)CN(c1ccc(C#N)n2ncc(F)c12)C[C@H]3C. The molecular weight excluding hydrogens is 411 g/mol. The first-order valence-corrected chi connectivity index (χ1v) is 10.8. The highest BCUT2D eigenvalue weighted by atomic mass is 19.1. The van der Waals surface area contributed by atoms with Crippen LogP contribution in [0.15, 0.2) is 18.3 Å². The van der Waals surface area contributed by atoms with Gasteiger partial charge in [-0.25, -0.2) is 8.91 Å². The van der Waals surface area contributed by atoms with E-state index in [0.717, 1.165) is 24.0 Å². The average molecular weight is 436 g/mol. The van der Waals surface area contributed by atoms with E-state index in [1.54, 1.807) is 12.1 Å². The average Bonchev–Trinajstić information content (AvgIpc) is 3.33. The third-order valence-corrected chi connectivity index (χ3v) is 6.80. The van der Waals surface area contributed by atoms with Crippen LogP contribution in [0, 0.1) is 17.1 Å². The summed E-state index contributed by atoms with van der Waals surface area (Å²) in [6, 6.07) is 5.40. The minimum Gasteiger partial charge on any atom is -0.368 e. The Balaban J connectivity index is 1.54. The summed E-state index contributed by atoms with van der Waals surface area (Å²) >= 11 is 0. The summed E-state index contributed by atoms with van der Waals surface area (Å²) in [7, 11) is 0. The Labute approximate surface area is 184 Å². The van der Waals surface area contributed by atoms with E-state index < -0.39 is 5.82 Å². The molecule has 32 heavy (non-hydrogen) atoms. The molecule has 5 rings (SSSR count). The molecule has 0 spiro atoms. The molecular formula is C22H25FN8O. The Bertz CT molecular complexity index is 1270. The smallest absolute Gasteiger partial charge is 0.234 e. The van der Waals surface area contributed by atoms with Gasteiger partial charge in [0.05, 0.1) is 41.9 Å². The van der Waals surface area contributed by atoms with Gasteiger partial charge in [-0.3, -0.25) is 14.4 Å². The second kappa shape index (κ2) is 7.31. The fourth-order valence-electron chi connectivity index (χ4n) is 5.09. The zero-order valence-corrected chi connectivity index (χ0v) is 18.3. The van der Waals surface area contributed by atoms with E-state index in [0.29, 0.717) is 30.8 Å². The van der Waals surface area contributed by atoms with E-state index in [-0.39, 0.29) is 29.7 Å². The third kappa shape index (κ3) is 2.96. The molecule has 1 unspecified atom stereocenters. The number of nitrogens with zero attached hydrogens (tertiary/aromatic N) is 7. The maximum Gasteiger partial charge on any atom is 0.234 e. The maximum absolute atomic E-state index is 14.6. The monoisotopic (exact) mass is 436 g/mol. The second-order valence-corrected chi connectivity index (χ2v) is 8.82. The molecule has 0 fully saturated rings. The molecule has 10 heteroatoms. The number of rotatable bonds is 3. The first-order valence-electron chi connectivity index (χ1n) is 10.8. The number of hydrogen-bond donors (Lipinski definition) is 1. The topological polar surface area (TPSA) is 108 Å². The van der Waals surface area contributed by atoms with Crippen molar-refractivity contribution < 1.29 is 9.18 Å². The number of nitriles is 1. The standard InChI is InChI=1S/C22H25FN8O/c1-12-6-16-18(10-29(12)14(3)22(25)32)27-30-13(2)9-28(11-20(16)30)19-5-4-15(7-24)31-21(19)17(23)8-26-31/h4-5,8,12-14H,6,9-11H2,1-3H3,(H2,25,32)/t12-,13+,14?/m0/s1. The summed E-state index contributed by atoms with van der Waals surface area (Å²) in [5.74, 6) is -0.785. The van der Waals surface area contributed by atoms with E-state index in [1.165, 1.54) is 10.1 Å². The van der Waals surface area contributed by atoms with E-state index in [2.05, 4.69) is 39.5 Å². The molecule has 3 aromatic rings. The van der Waals surface area contributed by atoms with Gasteiger partial charge in [0.2, 0.25) is 5.91 Å². The van der Waals surface area contributed by atoms with Crippen LogP contribution in [0.1, 0.15) is 49.5 Å². The van der Waals surface area contributed by atoms with Gasteiger partial charge < -0.3 is 10.6 Å². The van der Waals surface area contributed by atoms with Crippen molar-refractivity contribution >= 4 is 17.1 Å². The number of hydrogen-bond acceptors (Lipinski definition) is 6. The number of primary amides is 1. The Hall–Kier alpha value is -3.45. The number of carbonyl (C=O) groups is 1. The number of anilines is 1. The first kappa shape index (κ1) is 20.5. The molecule has 0 aromatic carbocycles. The summed E-state index contributed by atoms with van der Waals surface area (Å²) in [6.45, 7) is 7.83. The van der Waals surface area contributed by atoms with Crippen molar-refractivity contribution in [1.29, 1.82) is 5.26 Å². The summed E-state index contributed by atoms with van der Waals surface area (Å²) < 4.78 is 18.1. The largest absolute Gasteiger partial charge is 0.368 e. The van der Waals surface area contributed by atoms with Crippen molar-refractivity contribution in [3.8, 4) is 6.07 Å². The van der Waals surface area contributed by atoms with Crippen LogP contribution in [0.3, 0.4) is 0 Å². The fraction of sp³-hybridized carbons (Fsp3) is 0.455. The minimum absolute atomic E-state index is 0.0725. The number of pyridine rings is 1. The molecule has 2 aliphatic rings. The third-order valence-electron chi connectivity index (χ3n) is 6.80. The van der Waals surface area contributed by atoms with Gasteiger partial charge in [0, 0.05) is 24.7 Å². The highest BCUT2D eigenvalue weighted by molar-refractivity contribution is 5.79. The van der Waals surface area contributed by atoms with Crippen molar-refractivity contribution in [3.05, 3.63) is 46.8 Å². The predicted octanol–water partition coefficient (Wildman–Crippen LogP) is 1.74. The molecule has 3 atom stereocenters. The minimum atomic E-state index is -0.449. The molecule has 5 heterocycles. The summed E-state index contributed by atoms with van der Waals surface area (Å²) in [6.07, 6.45) is 1.92. The van der Waals surface area contributed by atoms with Crippen LogP contribution >= 0.6 is 0 Å². The molecule has 0 saturated carbocycles. The maximum atomic E-state index is 14.6. The second-order valence-electron chi connectivity index (χ2n) is 8.82. The number of aromatic nitrogens is 4. The van der Waals surface area contributed by atoms with Gasteiger partial charge in [0.1, 0.15) is 17.3 Å². The van der Waals surface area contributed by atoms with Gasteiger partial charge >= 0.3 is 0 Å². The van der Waals surface area contributed by atoms with Crippen LogP contribution in [0.5, 0.6) is 0 Å². The number of nitrogens with two attached hydrogens (primary N) is 1. The van der Waals surface area contributed by atoms with Crippen LogP contribution in [0.2, 0.25) is 0 Å². The van der Waals surface area contributed by atoms with E-state index >= 15 is 0 Å². The molecule has 0 radical (unpaired) electrons. The van der Waals surface area contributed by atoms with Crippen molar-refractivity contribution in [2.45, 2.75) is 58.4 Å². The van der Waals surface area contributed by atoms with E-state index in [1.807, 2.05) is 6.92 Å². The molecule has 166 valence electrons. The van der Waals surface area contributed by atoms with Crippen molar-refractivity contribution in [2.24, 2.45) is 5.73 Å². The number of carbonyl (C=O) groups excluding carboxylic acids is 1. The van der Waals surface area contributed by atoms with Crippen molar-refractivity contribution in [3.63, 3.8) is 0 Å². The van der Waals surface area contributed by atoms with Crippen LogP contribution in [-0.2, 0) is 24.3 Å². The molecule has 1 amide bonds. The Kier molecular flexibility index (Phi) is 4.67. The normalized spacial score (nSPS) is 21.8. The number of fused-ring (bicyclic) bond motifs is 4. The van der Waals surface area contributed by atoms with Gasteiger partial charge in [-0.05, 0) is 39.3 Å². The van der Waals surface area contributed by atoms with Crippen LogP contribution in [0.25, 0.3) is 5.52 Å². The van der Waals surface area contributed by atoms with Crippen LogP contribution in [-0.4, -0.2) is 48.8 Å². The van der Waals surface area contributed by atoms with Gasteiger partial charge in [0.25, 0.3) is 0 Å². The lowest BCUT2D eigenvalue weighted by molar-refractivity contribution is -0.123. The fourth-order valence-corrected chi connectivity index (χ4v) is 5.09. The Morgan fingerprint density at radius 3 is 2.81 bits per heavy atom. The quantitative estimate of drug-likeness (QED) is 0.670. The molecule has 2 N–H and O–H groups in total. The van der Waals surface area contributed by atoms with Crippen LogP contribution < -0.4 is 10.6 Å². The van der Waals surface area contributed by atoms with Crippen molar-refractivity contribution in [2.75, 3.05) is 11.4 Å².